The quantitative estimate of drug-likeness (QED) is 0.370. The highest BCUT2D eigenvalue weighted by Crippen LogP contribution is 2.42. The third kappa shape index (κ3) is 5.72. The predicted molar refractivity (Wildman–Crippen MR) is 121 cm³/mol. The molecule has 1 aromatic carbocycles. The summed E-state index contributed by atoms with van der Waals surface area (Å²) in [6.07, 6.45) is -0.0357. The number of carbonyl (C=O) groups is 1. The van der Waals surface area contributed by atoms with Gasteiger partial charge in [-0.05, 0) is 24.0 Å². The van der Waals surface area contributed by atoms with E-state index in [0.717, 1.165) is 11.8 Å². The number of hydrogen-bond donors (Lipinski definition) is 3. The van der Waals surface area contributed by atoms with Crippen LogP contribution in [0, 0.1) is 22.7 Å². The average molecular weight is 487 g/mol. The number of nitrogens with zero attached hydrogens (tertiary/aromatic N) is 4. The van der Waals surface area contributed by atoms with Crippen molar-refractivity contribution in [2.45, 2.75) is 36.1 Å². The van der Waals surface area contributed by atoms with E-state index >= 15 is 0 Å². The summed E-state index contributed by atoms with van der Waals surface area (Å²) in [7, 11) is -4.66. The number of phosphoric ester groups is 1. The van der Waals surface area contributed by atoms with E-state index in [-0.39, 0.29) is 28.5 Å². The van der Waals surface area contributed by atoms with Crippen molar-refractivity contribution in [1.29, 1.82) is 10.5 Å². The Hall–Kier alpha value is -2.92. The minimum atomic E-state index is -4.66. The molecule has 1 amide bonds. The molecule has 0 radical (unpaired) electrons. The van der Waals surface area contributed by atoms with Gasteiger partial charge in [-0.3, -0.25) is 9.32 Å². The molecule has 4 N–H and O–H groups in total. The van der Waals surface area contributed by atoms with E-state index in [1.807, 2.05) is 13.0 Å². The number of amides is 1. The minimum Gasteiger partial charge on any atom is -0.368 e. The summed E-state index contributed by atoms with van der Waals surface area (Å²) in [4.78, 5) is 36.7. The highest BCUT2D eigenvalue weighted by molar-refractivity contribution is 8.00. The third-order valence-electron chi connectivity index (χ3n) is 5.15. The average Bonchev–Trinajstić information content (AvgIpc) is 3.23. The van der Waals surface area contributed by atoms with Crippen molar-refractivity contribution in [2.24, 2.45) is 5.73 Å². The van der Waals surface area contributed by atoms with Crippen molar-refractivity contribution < 1.29 is 23.7 Å². The summed E-state index contributed by atoms with van der Waals surface area (Å²) < 4.78 is 16.0. The molecular formula is C21H22N5O5PS. The number of hydrogen-bond acceptors (Lipinski definition) is 8. The Morgan fingerprint density at radius 2 is 2.00 bits per heavy atom. The maximum atomic E-state index is 12.2. The van der Waals surface area contributed by atoms with Gasteiger partial charge >= 0.3 is 7.82 Å². The van der Waals surface area contributed by atoms with E-state index in [0.29, 0.717) is 30.5 Å². The topological polar surface area (TPSA) is 174 Å². The monoisotopic (exact) mass is 487 g/mol. The number of aromatic nitrogens is 1. The molecule has 0 bridgehead atoms. The fourth-order valence-electron chi connectivity index (χ4n) is 3.73. The summed E-state index contributed by atoms with van der Waals surface area (Å²) in [5, 5.41) is 19.1. The number of pyridine rings is 1. The molecule has 10 nitrogen and oxygen atoms in total. The molecule has 3 rings (SSSR count). The zero-order chi connectivity index (χ0) is 24.2. The molecule has 1 fully saturated rings. The van der Waals surface area contributed by atoms with Crippen molar-refractivity contribution in [3.8, 4) is 12.1 Å². The van der Waals surface area contributed by atoms with Gasteiger partial charge in [0.1, 0.15) is 28.2 Å². The van der Waals surface area contributed by atoms with E-state index in [4.69, 9.17) is 20.0 Å². The number of anilines is 1. The number of benzene rings is 1. The van der Waals surface area contributed by atoms with Crippen LogP contribution in [0.3, 0.4) is 0 Å². The van der Waals surface area contributed by atoms with Crippen molar-refractivity contribution in [1.82, 2.24) is 4.98 Å². The fraction of sp³-hybridized carbons (Fsp3) is 0.333. The Balaban J connectivity index is 2.06. The Morgan fingerprint density at radius 1 is 1.33 bits per heavy atom. The Bertz CT molecular complexity index is 1170. The minimum absolute atomic E-state index is 0.115. The predicted octanol–water partition coefficient (Wildman–Crippen LogP) is 2.39. The standard InChI is InChI=1S/C21H22N5O5PS/c1-2-15-16(10-22)20(26-9-8-14(12-26)31-32(28,29)30)25-21(17(15)11-23)33-18(19(24)27)13-6-4-3-5-7-13/h3-7,14,18H,2,8-9,12H2,1H3,(H2,24,27)(H2,28,29,30)/t14-,18?/m1/s1. The molecule has 1 aliphatic heterocycles. The van der Waals surface area contributed by atoms with Crippen LogP contribution in [-0.2, 0) is 20.3 Å². The molecular weight excluding hydrogens is 465 g/mol. The largest absolute Gasteiger partial charge is 0.469 e. The van der Waals surface area contributed by atoms with Gasteiger partial charge in [0.25, 0.3) is 0 Å². The van der Waals surface area contributed by atoms with Gasteiger partial charge < -0.3 is 20.4 Å². The van der Waals surface area contributed by atoms with Crippen LogP contribution in [0.4, 0.5) is 5.82 Å². The van der Waals surface area contributed by atoms with Crippen LogP contribution in [0.25, 0.3) is 0 Å². The Labute approximate surface area is 195 Å². The van der Waals surface area contributed by atoms with Gasteiger partial charge in [0, 0.05) is 13.1 Å². The number of carbonyl (C=O) groups excluding carboxylic acids is 1. The van der Waals surface area contributed by atoms with Crippen molar-refractivity contribution in [2.75, 3.05) is 18.0 Å². The molecule has 1 aliphatic rings. The zero-order valence-corrected chi connectivity index (χ0v) is 19.4. The second-order valence-corrected chi connectivity index (χ2v) is 9.60. The van der Waals surface area contributed by atoms with Gasteiger partial charge in [-0.1, -0.05) is 49.0 Å². The van der Waals surface area contributed by atoms with Crippen LogP contribution < -0.4 is 10.6 Å². The van der Waals surface area contributed by atoms with Gasteiger partial charge in [-0.25, -0.2) is 9.55 Å². The molecule has 0 aliphatic carbocycles. The number of phosphoric acid groups is 1. The Kier molecular flexibility index (Phi) is 7.75. The molecule has 2 atom stereocenters. The van der Waals surface area contributed by atoms with Gasteiger partial charge in [0.15, 0.2) is 0 Å². The molecule has 0 spiro atoms. The lowest BCUT2D eigenvalue weighted by Gasteiger charge is -2.23. The van der Waals surface area contributed by atoms with Crippen LogP contribution in [0.2, 0.25) is 0 Å². The summed E-state index contributed by atoms with van der Waals surface area (Å²) in [6.45, 7) is 2.27. The first kappa shape index (κ1) is 24.7. The highest BCUT2D eigenvalue weighted by Gasteiger charge is 2.33. The molecule has 1 aromatic heterocycles. The van der Waals surface area contributed by atoms with Crippen molar-refractivity contribution in [3.63, 3.8) is 0 Å². The second-order valence-electron chi connectivity index (χ2n) is 7.31. The normalized spacial score (nSPS) is 16.8. The summed E-state index contributed by atoms with van der Waals surface area (Å²) >= 11 is 1.03. The molecule has 12 heteroatoms. The number of primary amides is 1. The van der Waals surface area contributed by atoms with Gasteiger partial charge in [0.05, 0.1) is 17.2 Å². The zero-order valence-electron chi connectivity index (χ0n) is 17.7. The van der Waals surface area contributed by atoms with Crippen LogP contribution in [0.15, 0.2) is 35.4 Å². The third-order valence-corrected chi connectivity index (χ3v) is 6.98. The fourth-order valence-corrected chi connectivity index (χ4v) is 5.35. The first-order valence-electron chi connectivity index (χ1n) is 10.0. The number of thioether (sulfide) groups is 1. The summed E-state index contributed by atoms with van der Waals surface area (Å²) in [6, 6.07) is 13.1. The lowest BCUT2D eigenvalue weighted by atomic mass is 10.0. The van der Waals surface area contributed by atoms with E-state index in [1.54, 1.807) is 29.2 Å². The van der Waals surface area contributed by atoms with E-state index < -0.39 is 25.1 Å². The van der Waals surface area contributed by atoms with Gasteiger partial charge in [-0.2, -0.15) is 10.5 Å². The van der Waals surface area contributed by atoms with Crippen LogP contribution in [-0.4, -0.2) is 39.9 Å². The first-order valence-corrected chi connectivity index (χ1v) is 12.5. The lowest BCUT2D eigenvalue weighted by Crippen LogP contribution is -2.25. The molecule has 2 heterocycles. The number of rotatable bonds is 8. The molecule has 0 saturated carbocycles. The second kappa shape index (κ2) is 10.3. The summed E-state index contributed by atoms with van der Waals surface area (Å²) in [5.41, 5.74) is 7.21. The number of nitriles is 2. The molecule has 2 aromatic rings. The lowest BCUT2D eigenvalue weighted by molar-refractivity contribution is -0.117. The van der Waals surface area contributed by atoms with E-state index in [1.165, 1.54) is 0 Å². The van der Waals surface area contributed by atoms with Crippen LogP contribution in [0.1, 0.15) is 40.8 Å². The van der Waals surface area contributed by atoms with E-state index in [2.05, 4.69) is 17.1 Å². The molecule has 33 heavy (non-hydrogen) atoms. The molecule has 172 valence electrons. The molecule has 1 saturated heterocycles. The first-order chi connectivity index (χ1) is 15.7. The number of nitrogens with two attached hydrogens (primary N) is 1. The van der Waals surface area contributed by atoms with Crippen molar-refractivity contribution in [3.05, 3.63) is 52.6 Å². The summed E-state index contributed by atoms with van der Waals surface area (Å²) in [5.74, 6) is -0.318. The Morgan fingerprint density at radius 3 is 2.55 bits per heavy atom. The van der Waals surface area contributed by atoms with Gasteiger partial charge in [0.2, 0.25) is 5.91 Å². The maximum absolute atomic E-state index is 12.2. The highest BCUT2D eigenvalue weighted by atomic mass is 32.2. The van der Waals surface area contributed by atoms with Gasteiger partial charge in [-0.15, -0.1) is 0 Å². The smallest absolute Gasteiger partial charge is 0.368 e. The maximum Gasteiger partial charge on any atom is 0.469 e. The van der Waals surface area contributed by atoms with Crippen molar-refractivity contribution >= 4 is 31.3 Å². The SMILES string of the molecule is CCc1c(C#N)c(SC(C(N)=O)c2ccccc2)nc(N2CC[C@@H](OP(=O)(O)O)C2)c1C#N. The van der Waals surface area contributed by atoms with E-state index in [9.17, 15) is 19.9 Å². The molecule has 1 unspecified atom stereocenters. The van der Waals surface area contributed by atoms with Crippen LogP contribution >= 0.6 is 19.6 Å². The van der Waals surface area contributed by atoms with Crippen LogP contribution in [0.5, 0.6) is 0 Å².